The van der Waals surface area contributed by atoms with Gasteiger partial charge in [-0.2, -0.15) is 0 Å². The fourth-order valence-corrected chi connectivity index (χ4v) is 3.40. The van der Waals surface area contributed by atoms with Gasteiger partial charge in [-0.05, 0) is 12.5 Å². The molecule has 0 saturated carbocycles. The number of carbonyl (C=O) groups excluding carboxylic acids is 3. The molecule has 7 nitrogen and oxygen atoms in total. The number of esters is 1. The van der Waals surface area contributed by atoms with Gasteiger partial charge in [0.25, 0.3) is 0 Å². The van der Waals surface area contributed by atoms with Crippen LogP contribution in [0, 0.1) is 0 Å². The molecule has 24 heavy (non-hydrogen) atoms. The maximum atomic E-state index is 12.3. The van der Waals surface area contributed by atoms with E-state index in [0.29, 0.717) is 5.75 Å². The van der Waals surface area contributed by atoms with Crippen LogP contribution in [0.4, 0.5) is 4.79 Å². The fourth-order valence-electron chi connectivity index (χ4n) is 2.15. The number of methoxy groups -OCH3 is 1. The van der Waals surface area contributed by atoms with Crippen molar-refractivity contribution in [2.24, 2.45) is 0 Å². The number of carbonyl (C=O) groups is 3. The number of nitrogens with one attached hydrogen (secondary N) is 2. The number of hydrogen-bond acceptors (Lipinski definition) is 7. The third kappa shape index (κ3) is 4.97. The maximum Gasteiger partial charge on any atom is 0.408 e. The molecule has 1 aromatic rings. The van der Waals surface area contributed by atoms with Gasteiger partial charge in [-0.25, -0.2) is 4.79 Å². The summed E-state index contributed by atoms with van der Waals surface area (Å²) in [4.78, 5) is 35.5. The predicted octanol–water partition coefficient (Wildman–Crippen LogP) is 1.07. The van der Waals surface area contributed by atoms with Gasteiger partial charge in [0.15, 0.2) is 5.78 Å². The molecule has 3 atom stereocenters. The van der Waals surface area contributed by atoms with Crippen molar-refractivity contribution in [3.63, 3.8) is 0 Å². The zero-order valence-corrected chi connectivity index (χ0v) is 14.3. The lowest BCUT2D eigenvalue weighted by Crippen LogP contribution is -2.48. The van der Waals surface area contributed by atoms with E-state index in [-0.39, 0.29) is 12.4 Å². The molecule has 1 aliphatic rings. The molecular formula is C16H20N2O5S. The van der Waals surface area contributed by atoms with Crippen molar-refractivity contribution in [2.75, 3.05) is 12.9 Å². The molecule has 0 bridgehead atoms. The highest BCUT2D eigenvalue weighted by molar-refractivity contribution is 8.00. The normalized spacial score (nSPS) is 20.9. The number of rotatable bonds is 6. The van der Waals surface area contributed by atoms with Crippen molar-refractivity contribution in [3.8, 4) is 0 Å². The first-order chi connectivity index (χ1) is 11.5. The van der Waals surface area contributed by atoms with Gasteiger partial charge < -0.3 is 14.8 Å². The second-order valence-corrected chi connectivity index (χ2v) is 6.42. The Bertz CT molecular complexity index is 595. The van der Waals surface area contributed by atoms with Gasteiger partial charge in [-0.1, -0.05) is 30.3 Å². The fraction of sp³-hybridized carbons (Fsp3) is 0.438. The molecule has 0 radical (unpaired) electrons. The third-order valence-corrected chi connectivity index (χ3v) is 4.73. The third-order valence-electron chi connectivity index (χ3n) is 3.50. The smallest absolute Gasteiger partial charge is 0.408 e. The van der Waals surface area contributed by atoms with Gasteiger partial charge >= 0.3 is 12.1 Å². The van der Waals surface area contributed by atoms with Gasteiger partial charge in [0.2, 0.25) is 0 Å². The van der Waals surface area contributed by atoms with Crippen LogP contribution in [0.1, 0.15) is 12.5 Å². The van der Waals surface area contributed by atoms with Crippen molar-refractivity contribution in [2.45, 2.75) is 31.0 Å². The summed E-state index contributed by atoms with van der Waals surface area (Å²) in [5, 5.41) is 4.85. The second-order valence-electron chi connectivity index (χ2n) is 5.29. The molecule has 1 unspecified atom stereocenters. The summed E-state index contributed by atoms with van der Waals surface area (Å²) < 4.78 is 9.73. The van der Waals surface area contributed by atoms with Crippen LogP contribution in [0.15, 0.2) is 30.3 Å². The van der Waals surface area contributed by atoms with Crippen LogP contribution >= 0.6 is 11.8 Å². The van der Waals surface area contributed by atoms with Crippen LogP contribution in [0.25, 0.3) is 0 Å². The minimum absolute atomic E-state index is 0.133. The Hall–Kier alpha value is -2.06. The van der Waals surface area contributed by atoms with E-state index in [1.165, 1.54) is 18.9 Å². The largest absolute Gasteiger partial charge is 0.468 e. The number of alkyl carbamates (subject to hydrolysis) is 1. The summed E-state index contributed by atoms with van der Waals surface area (Å²) in [6, 6.07) is 8.02. The zero-order chi connectivity index (χ0) is 17.5. The molecule has 2 rings (SSSR count). The predicted molar refractivity (Wildman–Crippen MR) is 89.4 cm³/mol. The number of Topliss-reactive ketones (excluding diaryl/α,β-unsaturated/α-hetero) is 1. The van der Waals surface area contributed by atoms with Crippen molar-refractivity contribution in [1.82, 2.24) is 10.6 Å². The Balaban J connectivity index is 1.77. The standard InChI is InChI=1S/C16H20N2O5S/c1-10(13(19)14-18-12(9-24-14)15(20)22-2)17-16(21)23-8-11-6-4-3-5-7-11/h3-7,10,12,14,18H,8-9H2,1-2H3,(H,17,21)/t10-,12-,14?/m0/s1. The summed E-state index contributed by atoms with van der Waals surface area (Å²) in [5.41, 5.74) is 0.862. The lowest BCUT2D eigenvalue weighted by molar-refractivity contribution is -0.142. The Morgan fingerprint density at radius 2 is 2.04 bits per heavy atom. The average Bonchev–Trinajstić information content (AvgIpc) is 3.09. The minimum atomic E-state index is -0.727. The number of benzene rings is 1. The van der Waals surface area contributed by atoms with Crippen LogP contribution < -0.4 is 10.6 Å². The van der Waals surface area contributed by atoms with E-state index in [2.05, 4.69) is 15.4 Å². The van der Waals surface area contributed by atoms with Gasteiger partial charge in [0.1, 0.15) is 18.0 Å². The molecular weight excluding hydrogens is 332 g/mol. The van der Waals surface area contributed by atoms with Crippen LogP contribution in [-0.2, 0) is 25.7 Å². The van der Waals surface area contributed by atoms with Crippen molar-refractivity contribution in [1.29, 1.82) is 0 Å². The molecule has 1 aliphatic heterocycles. The van der Waals surface area contributed by atoms with E-state index in [0.717, 1.165) is 5.56 Å². The highest BCUT2D eigenvalue weighted by atomic mass is 32.2. The summed E-state index contributed by atoms with van der Waals surface area (Å²) >= 11 is 1.31. The van der Waals surface area contributed by atoms with Gasteiger partial charge in [-0.15, -0.1) is 11.8 Å². The minimum Gasteiger partial charge on any atom is -0.468 e. The van der Waals surface area contributed by atoms with Crippen molar-refractivity contribution >= 4 is 29.6 Å². The Morgan fingerprint density at radius 1 is 1.33 bits per heavy atom. The van der Waals surface area contributed by atoms with E-state index < -0.39 is 29.5 Å². The number of ketones is 1. The van der Waals surface area contributed by atoms with Crippen molar-refractivity contribution in [3.05, 3.63) is 35.9 Å². The zero-order valence-electron chi connectivity index (χ0n) is 13.5. The molecule has 0 aromatic heterocycles. The number of hydrogen-bond donors (Lipinski definition) is 2. The molecule has 1 amide bonds. The SMILES string of the molecule is COC(=O)[C@@H]1CSC(C(=O)[C@H](C)NC(=O)OCc2ccccc2)N1. The van der Waals surface area contributed by atoms with Crippen LogP contribution in [0.3, 0.4) is 0 Å². The molecule has 1 saturated heterocycles. The Labute approximate surface area is 144 Å². The average molecular weight is 352 g/mol. The number of amides is 1. The molecule has 0 spiro atoms. The van der Waals surface area contributed by atoms with E-state index >= 15 is 0 Å². The first kappa shape index (κ1) is 18.3. The second kappa shape index (κ2) is 8.70. The number of thioether (sulfide) groups is 1. The van der Waals surface area contributed by atoms with Crippen LogP contribution in [0.2, 0.25) is 0 Å². The first-order valence-electron chi connectivity index (χ1n) is 7.47. The van der Waals surface area contributed by atoms with E-state index in [1.54, 1.807) is 6.92 Å². The quantitative estimate of drug-likeness (QED) is 0.740. The lowest BCUT2D eigenvalue weighted by atomic mass is 10.2. The van der Waals surface area contributed by atoms with E-state index in [9.17, 15) is 14.4 Å². The molecule has 130 valence electrons. The highest BCUT2D eigenvalue weighted by Crippen LogP contribution is 2.21. The van der Waals surface area contributed by atoms with E-state index in [1.807, 2.05) is 30.3 Å². The summed E-state index contributed by atoms with van der Waals surface area (Å²) in [6.45, 7) is 1.72. The first-order valence-corrected chi connectivity index (χ1v) is 8.52. The maximum absolute atomic E-state index is 12.3. The van der Waals surface area contributed by atoms with Crippen molar-refractivity contribution < 1.29 is 23.9 Å². The molecule has 1 heterocycles. The Morgan fingerprint density at radius 3 is 2.71 bits per heavy atom. The summed E-state index contributed by atoms with van der Waals surface area (Å²) in [6.07, 6.45) is -0.660. The molecule has 8 heteroatoms. The topological polar surface area (TPSA) is 93.7 Å². The summed E-state index contributed by atoms with van der Waals surface area (Å²) in [5.74, 6) is -0.169. The number of ether oxygens (including phenoxy) is 2. The van der Waals surface area contributed by atoms with Gasteiger partial charge in [0.05, 0.1) is 13.2 Å². The van der Waals surface area contributed by atoms with Gasteiger partial charge in [0, 0.05) is 5.75 Å². The van der Waals surface area contributed by atoms with E-state index in [4.69, 9.17) is 4.74 Å². The lowest BCUT2D eigenvalue weighted by Gasteiger charge is -2.17. The highest BCUT2D eigenvalue weighted by Gasteiger charge is 2.36. The molecule has 1 fully saturated rings. The van der Waals surface area contributed by atoms with Gasteiger partial charge in [-0.3, -0.25) is 14.9 Å². The Kier molecular flexibility index (Phi) is 6.62. The monoisotopic (exact) mass is 352 g/mol. The molecule has 2 N–H and O–H groups in total. The van der Waals surface area contributed by atoms with Crippen LogP contribution in [-0.4, -0.2) is 48.2 Å². The molecule has 1 aromatic carbocycles. The molecule has 0 aliphatic carbocycles. The summed E-state index contributed by atoms with van der Waals surface area (Å²) in [7, 11) is 1.30. The van der Waals surface area contributed by atoms with Crippen LogP contribution in [0.5, 0.6) is 0 Å².